The predicted octanol–water partition coefficient (Wildman–Crippen LogP) is 4.91. The lowest BCUT2D eigenvalue weighted by Gasteiger charge is -2.29. The Morgan fingerprint density at radius 3 is 2.81 bits per heavy atom. The van der Waals surface area contributed by atoms with Crippen LogP contribution >= 0.6 is 0 Å². The van der Waals surface area contributed by atoms with Gasteiger partial charge in [-0.3, -0.25) is 4.79 Å². The minimum atomic E-state index is -0.728. The molecule has 2 saturated carbocycles. The van der Waals surface area contributed by atoms with Gasteiger partial charge in [-0.1, -0.05) is 19.3 Å². The van der Waals surface area contributed by atoms with Crippen LogP contribution in [0, 0.1) is 40.2 Å². The van der Waals surface area contributed by atoms with Crippen LogP contribution in [0.3, 0.4) is 0 Å². The van der Waals surface area contributed by atoms with Gasteiger partial charge in [0.2, 0.25) is 0 Å². The van der Waals surface area contributed by atoms with Crippen molar-refractivity contribution in [2.45, 2.75) is 51.4 Å². The van der Waals surface area contributed by atoms with Crippen molar-refractivity contribution in [1.29, 1.82) is 5.26 Å². The molecule has 3 aromatic rings. The number of aromatic nitrogens is 4. The van der Waals surface area contributed by atoms with Crippen molar-refractivity contribution >= 4 is 16.8 Å². The van der Waals surface area contributed by atoms with Gasteiger partial charge in [0.05, 0.1) is 24.2 Å². The highest BCUT2D eigenvalue weighted by Gasteiger charge is 2.50. The molecule has 0 amide bonds. The third kappa shape index (κ3) is 3.88. The molecule has 0 aromatic carbocycles. The van der Waals surface area contributed by atoms with Crippen LogP contribution < -0.4 is 0 Å². The number of Topliss-reactive ketones (excluding diaryl/α,β-unsaturated/α-hetero) is 1. The van der Waals surface area contributed by atoms with Crippen molar-refractivity contribution in [3.05, 3.63) is 42.0 Å². The number of H-pyrrole nitrogens is 1. The zero-order chi connectivity index (χ0) is 22.3. The van der Waals surface area contributed by atoms with Gasteiger partial charge in [-0.05, 0) is 43.6 Å². The molecule has 0 bridgehead atoms. The fourth-order valence-corrected chi connectivity index (χ4v) is 4.92. The largest absolute Gasteiger partial charge is 0.345 e. The fourth-order valence-electron chi connectivity index (χ4n) is 4.92. The van der Waals surface area contributed by atoms with E-state index in [0.29, 0.717) is 53.8 Å². The molecule has 2 fully saturated rings. The number of halogens is 2. The first-order valence-electron chi connectivity index (χ1n) is 11.1. The molecule has 164 valence electrons. The second-order valence-electron chi connectivity index (χ2n) is 9.16. The maximum Gasteiger partial charge on any atom is 0.163 e. The SMILES string of the molecule is N#CC1(C(=O)C[C@@H]2CCC[C@H](Cc3nc(-c4c[nH]c5ncc(F)cc45)ncc3F)C2)CC1. The highest BCUT2D eigenvalue weighted by Crippen LogP contribution is 2.48. The Kier molecular flexibility index (Phi) is 5.20. The van der Waals surface area contributed by atoms with Crippen LogP contribution in [0.1, 0.15) is 50.6 Å². The smallest absolute Gasteiger partial charge is 0.163 e. The van der Waals surface area contributed by atoms with Gasteiger partial charge >= 0.3 is 0 Å². The minimum absolute atomic E-state index is 0.0707. The summed E-state index contributed by atoms with van der Waals surface area (Å²) < 4.78 is 28.2. The first-order valence-corrected chi connectivity index (χ1v) is 11.1. The number of pyridine rings is 1. The number of carbonyl (C=O) groups excluding carboxylic acids is 1. The number of hydrogen-bond acceptors (Lipinski definition) is 5. The van der Waals surface area contributed by atoms with E-state index < -0.39 is 17.0 Å². The third-order valence-electron chi connectivity index (χ3n) is 6.90. The molecule has 2 atom stereocenters. The van der Waals surface area contributed by atoms with E-state index in [0.717, 1.165) is 38.1 Å². The molecule has 2 aliphatic rings. The molecule has 32 heavy (non-hydrogen) atoms. The lowest BCUT2D eigenvalue weighted by Crippen LogP contribution is -2.24. The molecule has 0 radical (unpaired) electrons. The van der Waals surface area contributed by atoms with E-state index in [2.05, 4.69) is 26.0 Å². The normalized spacial score (nSPS) is 21.9. The van der Waals surface area contributed by atoms with Gasteiger partial charge in [0, 0.05) is 23.6 Å². The molecule has 0 unspecified atom stereocenters. The van der Waals surface area contributed by atoms with Gasteiger partial charge in [0.15, 0.2) is 17.4 Å². The van der Waals surface area contributed by atoms with E-state index in [1.165, 1.54) is 6.07 Å². The number of ketones is 1. The van der Waals surface area contributed by atoms with Crippen molar-refractivity contribution in [3.8, 4) is 17.5 Å². The Hall–Kier alpha value is -3.21. The molecular formula is C24H23F2N5O. The Morgan fingerprint density at radius 2 is 2.03 bits per heavy atom. The molecule has 5 rings (SSSR count). The number of carbonyl (C=O) groups is 1. The van der Waals surface area contributed by atoms with Crippen LogP contribution in [0.4, 0.5) is 8.78 Å². The summed E-state index contributed by atoms with van der Waals surface area (Å²) in [5, 5.41) is 9.81. The summed E-state index contributed by atoms with van der Waals surface area (Å²) in [5.41, 5.74) is 0.698. The van der Waals surface area contributed by atoms with Crippen LogP contribution in [0.5, 0.6) is 0 Å². The van der Waals surface area contributed by atoms with Crippen LogP contribution in [-0.2, 0) is 11.2 Å². The van der Waals surface area contributed by atoms with Gasteiger partial charge in [0.25, 0.3) is 0 Å². The second-order valence-corrected chi connectivity index (χ2v) is 9.16. The topological polar surface area (TPSA) is 95.3 Å². The zero-order valence-corrected chi connectivity index (χ0v) is 17.6. The van der Waals surface area contributed by atoms with Crippen LogP contribution in [0.25, 0.3) is 22.4 Å². The summed E-state index contributed by atoms with van der Waals surface area (Å²) in [6, 6.07) is 3.55. The maximum atomic E-state index is 14.6. The number of rotatable bonds is 6. The maximum absolute atomic E-state index is 14.6. The Bertz CT molecular complexity index is 1230. The van der Waals surface area contributed by atoms with E-state index in [9.17, 15) is 18.8 Å². The highest BCUT2D eigenvalue weighted by atomic mass is 19.1. The van der Waals surface area contributed by atoms with Crippen molar-refractivity contribution in [1.82, 2.24) is 19.9 Å². The molecule has 0 aliphatic heterocycles. The van der Waals surface area contributed by atoms with Crippen molar-refractivity contribution in [3.63, 3.8) is 0 Å². The summed E-state index contributed by atoms with van der Waals surface area (Å²) in [6.45, 7) is 0. The minimum Gasteiger partial charge on any atom is -0.345 e. The second kappa shape index (κ2) is 8.05. The quantitative estimate of drug-likeness (QED) is 0.594. The summed E-state index contributed by atoms with van der Waals surface area (Å²) >= 11 is 0. The number of nitrogens with one attached hydrogen (secondary N) is 1. The number of fused-ring (bicyclic) bond motifs is 1. The van der Waals surface area contributed by atoms with Crippen molar-refractivity contribution in [2.24, 2.45) is 17.3 Å². The first-order chi connectivity index (χ1) is 15.5. The van der Waals surface area contributed by atoms with Crippen molar-refractivity contribution in [2.75, 3.05) is 0 Å². The number of aromatic amines is 1. The number of nitriles is 1. The van der Waals surface area contributed by atoms with E-state index in [1.807, 2.05) is 0 Å². The van der Waals surface area contributed by atoms with E-state index in [-0.39, 0.29) is 17.6 Å². The summed E-state index contributed by atoms with van der Waals surface area (Å²) in [7, 11) is 0. The monoisotopic (exact) mass is 435 g/mol. The Morgan fingerprint density at radius 1 is 1.22 bits per heavy atom. The first kappa shape index (κ1) is 20.7. The average molecular weight is 435 g/mol. The van der Waals surface area contributed by atoms with Gasteiger partial charge in [0.1, 0.15) is 16.9 Å². The van der Waals surface area contributed by atoms with Gasteiger partial charge in [-0.15, -0.1) is 0 Å². The fraction of sp³-hybridized carbons (Fsp3) is 0.458. The average Bonchev–Trinajstić information content (AvgIpc) is 3.49. The molecule has 0 saturated heterocycles. The summed E-state index contributed by atoms with van der Waals surface area (Å²) in [6.07, 6.45) is 9.94. The van der Waals surface area contributed by atoms with Crippen LogP contribution in [-0.4, -0.2) is 25.7 Å². The molecule has 3 heterocycles. The number of hydrogen-bond donors (Lipinski definition) is 1. The third-order valence-corrected chi connectivity index (χ3v) is 6.90. The highest BCUT2D eigenvalue weighted by molar-refractivity contribution is 5.91. The standard InChI is InChI=1S/C24H23F2N5O/c25-16-9-17-18(11-29-22(17)28-10-16)23-30-12-19(26)20(31-23)7-14-2-1-3-15(6-14)8-21(32)24(13-27)4-5-24/h9-12,14-15H,1-8H2,(H,28,29)/t14-,15+/m0/s1. The lowest BCUT2D eigenvalue weighted by molar-refractivity contribution is -0.123. The Labute approximate surface area is 184 Å². The van der Waals surface area contributed by atoms with Crippen LogP contribution in [0.15, 0.2) is 24.7 Å². The molecule has 3 aromatic heterocycles. The zero-order valence-electron chi connectivity index (χ0n) is 17.6. The van der Waals surface area contributed by atoms with E-state index in [4.69, 9.17) is 0 Å². The molecule has 2 aliphatic carbocycles. The van der Waals surface area contributed by atoms with Gasteiger partial charge < -0.3 is 4.98 Å². The molecule has 8 heteroatoms. The van der Waals surface area contributed by atoms with Crippen LogP contribution in [0.2, 0.25) is 0 Å². The van der Waals surface area contributed by atoms with E-state index >= 15 is 0 Å². The van der Waals surface area contributed by atoms with E-state index in [1.54, 1.807) is 6.20 Å². The number of nitrogens with zero attached hydrogens (tertiary/aromatic N) is 4. The molecule has 6 nitrogen and oxygen atoms in total. The van der Waals surface area contributed by atoms with Gasteiger partial charge in [-0.25, -0.2) is 23.7 Å². The van der Waals surface area contributed by atoms with Gasteiger partial charge in [-0.2, -0.15) is 5.26 Å². The molecule has 0 spiro atoms. The van der Waals surface area contributed by atoms with Crippen molar-refractivity contribution < 1.29 is 13.6 Å². The predicted molar refractivity (Wildman–Crippen MR) is 113 cm³/mol. The lowest BCUT2D eigenvalue weighted by atomic mass is 9.76. The summed E-state index contributed by atoms with van der Waals surface area (Å²) in [4.78, 5) is 28.1. The molecular weight excluding hydrogens is 412 g/mol. The Balaban J connectivity index is 1.32. The molecule has 1 N–H and O–H groups in total. The summed E-state index contributed by atoms with van der Waals surface area (Å²) in [5.74, 6) is -0.0730.